The van der Waals surface area contributed by atoms with Gasteiger partial charge in [0.2, 0.25) is 5.91 Å². The van der Waals surface area contributed by atoms with E-state index in [0.717, 1.165) is 10.2 Å². The van der Waals surface area contributed by atoms with Crippen molar-refractivity contribution in [2.75, 3.05) is 5.32 Å². The van der Waals surface area contributed by atoms with Crippen LogP contribution in [0.25, 0.3) is 0 Å². The minimum atomic E-state index is -0.413. The van der Waals surface area contributed by atoms with Crippen molar-refractivity contribution in [3.8, 4) is 6.07 Å². The summed E-state index contributed by atoms with van der Waals surface area (Å²) in [5, 5.41) is 14.7. The summed E-state index contributed by atoms with van der Waals surface area (Å²) in [6.07, 6.45) is 1.57. The van der Waals surface area contributed by atoms with Crippen LogP contribution in [0.1, 0.15) is 18.2 Å². The zero-order chi connectivity index (χ0) is 15.2. The number of carbonyl (C=O) groups excluding carboxylic acids is 1. The van der Waals surface area contributed by atoms with Crippen LogP contribution < -0.4 is 10.6 Å². The topological polar surface area (TPSA) is 78.1 Å². The Morgan fingerprint density at radius 2 is 2.29 bits per heavy atom. The number of carbonyl (C=O) groups is 1. The number of halogens is 1. The highest BCUT2D eigenvalue weighted by Crippen LogP contribution is 2.24. The summed E-state index contributed by atoms with van der Waals surface area (Å²) < 4.78 is 5.90. The molecule has 21 heavy (non-hydrogen) atoms. The number of rotatable bonds is 5. The lowest BCUT2D eigenvalue weighted by Crippen LogP contribution is -2.37. The molecule has 0 spiro atoms. The number of amides is 1. The molecule has 1 amide bonds. The van der Waals surface area contributed by atoms with Gasteiger partial charge in [0.1, 0.15) is 11.8 Å². The molecule has 0 saturated carbocycles. The number of nitrogens with one attached hydrogen (secondary N) is 2. The third kappa shape index (κ3) is 4.10. The van der Waals surface area contributed by atoms with Gasteiger partial charge in [-0.2, -0.15) is 5.26 Å². The lowest BCUT2D eigenvalue weighted by molar-refractivity contribution is -0.121. The highest BCUT2D eigenvalue weighted by atomic mass is 79.9. The van der Waals surface area contributed by atoms with Crippen LogP contribution in [0.15, 0.2) is 45.5 Å². The Balaban J connectivity index is 1.93. The molecular weight excluding hydrogens is 334 g/mol. The van der Waals surface area contributed by atoms with Gasteiger partial charge in [0.15, 0.2) is 0 Å². The molecule has 0 bridgehead atoms. The Labute approximate surface area is 131 Å². The number of nitrogens with zero attached hydrogens (tertiary/aromatic N) is 1. The van der Waals surface area contributed by atoms with Crippen LogP contribution in [0.4, 0.5) is 5.69 Å². The first-order chi connectivity index (χ1) is 10.1. The monoisotopic (exact) mass is 347 g/mol. The van der Waals surface area contributed by atoms with Crippen LogP contribution in [-0.2, 0) is 11.3 Å². The Kier molecular flexibility index (Phi) is 5.01. The van der Waals surface area contributed by atoms with Crippen molar-refractivity contribution in [3.05, 3.63) is 52.4 Å². The van der Waals surface area contributed by atoms with Gasteiger partial charge in [-0.15, -0.1) is 0 Å². The van der Waals surface area contributed by atoms with E-state index in [9.17, 15) is 4.79 Å². The van der Waals surface area contributed by atoms with Gasteiger partial charge >= 0.3 is 0 Å². The largest absolute Gasteiger partial charge is 0.467 e. The SMILES string of the molecule is CC(Nc1ccc(C#N)cc1Br)C(=O)NCc1ccco1. The molecule has 2 N–H and O–H groups in total. The van der Waals surface area contributed by atoms with E-state index in [1.165, 1.54) is 0 Å². The number of benzene rings is 1. The van der Waals surface area contributed by atoms with Crippen LogP contribution in [0.5, 0.6) is 0 Å². The van der Waals surface area contributed by atoms with Crippen molar-refractivity contribution < 1.29 is 9.21 Å². The molecule has 6 heteroatoms. The van der Waals surface area contributed by atoms with Crippen molar-refractivity contribution in [1.82, 2.24) is 5.32 Å². The van der Waals surface area contributed by atoms with Gasteiger partial charge in [0.05, 0.1) is 24.4 Å². The van der Waals surface area contributed by atoms with Gasteiger partial charge in [-0.1, -0.05) is 0 Å². The first-order valence-corrected chi connectivity index (χ1v) is 7.15. The molecule has 2 aromatic rings. The zero-order valence-electron chi connectivity index (χ0n) is 11.4. The average Bonchev–Trinajstić information content (AvgIpc) is 3.00. The maximum Gasteiger partial charge on any atom is 0.242 e. The van der Waals surface area contributed by atoms with Gasteiger partial charge in [0.25, 0.3) is 0 Å². The van der Waals surface area contributed by atoms with Crippen LogP contribution in [0.2, 0.25) is 0 Å². The van der Waals surface area contributed by atoms with Crippen molar-refractivity contribution >= 4 is 27.5 Å². The van der Waals surface area contributed by atoms with Crippen molar-refractivity contribution in [1.29, 1.82) is 5.26 Å². The van der Waals surface area contributed by atoms with E-state index in [1.54, 1.807) is 43.5 Å². The fourth-order valence-corrected chi connectivity index (χ4v) is 2.23. The molecule has 1 unspecified atom stereocenters. The summed E-state index contributed by atoms with van der Waals surface area (Å²) in [5.74, 6) is 0.567. The molecule has 108 valence electrons. The molecular formula is C15H14BrN3O2. The second-order valence-corrected chi connectivity index (χ2v) is 5.32. The molecule has 0 aliphatic rings. The number of hydrogen-bond acceptors (Lipinski definition) is 4. The predicted molar refractivity (Wildman–Crippen MR) is 82.5 cm³/mol. The highest BCUT2D eigenvalue weighted by Gasteiger charge is 2.14. The van der Waals surface area contributed by atoms with Crippen LogP contribution in [0.3, 0.4) is 0 Å². The molecule has 0 fully saturated rings. The molecule has 1 aromatic heterocycles. The number of furan rings is 1. The molecule has 0 radical (unpaired) electrons. The molecule has 0 aliphatic heterocycles. The highest BCUT2D eigenvalue weighted by molar-refractivity contribution is 9.10. The normalized spacial score (nSPS) is 11.5. The third-order valence-corrected chi connectivity index (χ3v) is 3.54. The van der Waals surface area contributed by atoms with E-state index in [-0.39, 0.29) is 5.91 Å². The lowest BCUT2D eigenvalue weighted by atomic mass is 10.2. The minimum absolute atomic E-state index is 0.136. The van der Waals surface area contributed by atoms with Crippen LogP contribution >= 0.6 is 15.9 Å². The number of hydrogen-bond donors (Lipinski definition) is 2. The summed E-state index contributed by atoms with van der Waals surface area (Å²) in [5.41, 5.74) is 1.32. The number of anilines is 1. The first kappa shape index (κ1) is 15.1. The third-order valence-electron chi connectivity index (χ3n) is 2.88. The summed E-state index contributed by atoms with van der Waals surface area (Å²) in [6.45, 7) is 2.12. The zero-order valence-corrected chi connectivity index (χ0v) is 13.0. The molecule has 5 nitrogen and oxygen atoms in total. The van der Waals surface area contributed by atoms with Crippen molar-refractivity contribution in [2.45, 2.75) is 19.5 Å². The molecule has 1 atom stereocenters. The maximum absolute atomic E-state index is 12.0. The standard InChI is InChI=1S/C15H14BrN3O2/c1-10(15(20)18-9-12-3-2-6-21-12)19-14-5-4-11(8-17)7-13(14)16/h2-7,10,19H,9H2,1H3,(H,18,20). The van der Waals surface area contributed by atoms with E-state index >= 15 is 0 Å². The van der Waals surface area contributed by atoms with Gasteiger partial charge in [-0.3, -0.25) is 4.79 Å². The molecule has 1 aromatic carbocycles. The van der Waals surface area contributed by atoms with Gasteiger partial charge in [-0.05, 0) is 53.2 Å². The molecule has 0 saturated heterocycles. The predicted octanol–water partition coefficient (Wildman–Crippen LogP) is 3.03. The van der Waals surface area contributed by atoms with Crippen molar-refractivity contribution in [2.24, 2.45) is 0 Å². The number of nitriles is 1. The van der Waals surface area contributed by atoms with E-state index < -0.39 is 6.04 Å². The van der Waals surface area contributed by atoms with Gasteiger partial charge < -0.3 is 15.1 Å². The van der Waals surface area contributed by atoms with Crippen LogP contribution in [0, 0.1) is 11.3 Å². The minimum Gasteiger partial charge on any atom is -0.467 e. The van der Waals surface area contributed by atoms with E-state index in [1.807, 2.05) is 0 Å². The Morgan fingerprint density at radius 3 is 2.90 bits per heavy atom. The van der Waals surface area contributed by atoms with Gasteiger partial charge in [0, 0.05) is 10.2 Å². The Bertz CT molecular complexity index is 662. The summed E-state index contributed by atoms with van der Waals surface area (Å²) in [7, 11) is 0. The quantitative estimate of drug-likeness (QED) is 0.871. The Hall–Kier alpha value is -2.26. The first-order valence-electron chi connectivity index (χ1n) is 6.36. The van der Waals surface area contributed by atoms with Crippen molar-refractivity contribution in [3.63, 3.8) is 0 Å². The Morgan fingerprint density at radius 1 is 1.48 bits per heavy atom. The van der Waals surface area contributed by atoms with Crippen LogP contribution in [-0.4, -0.2) is 11.9 Å². The molecule has 0 aliphatic carbocycles. The molecule has 2 rings (SSSR count). The maximum atomic E-state index is 12.0. The fraction of sp³-hybridized carbons (Fsp3) is 0.200. The molecule has 1 heterocycles. The van der Waals surface area contributed by atoms with E-state index in [4.69, 9.17) is 9.68 Å². The summed E-state index contributed by atoms with van der Waals surface area (Å²) in [6, 6.07) is 10.4. The average molecular weight is 348 g/mol. The second kappa shape index (κ2) is 6.95. The summed E-state index contributed by atoms with van der Waals surface area (Å²) in [4.78, 5) is 12.0. The second-order valence-electron chi connectivity index (χ2n) is 4.47. The lowest BCUT2D eigenvalue weighted by Gasteiger charge is -2.16. The fourth-order valence-electron chi connectivity index (χ4n) is 1.74. The summed E-state index contributed by atoms with van der Waals surface area (Å²) >= 11 is 3.38. The van der Waals surface area contributed by atoms with E-state index in [2.05, 4.69) is 32.6 Å². The van der Waals surface area contributed by atoms with Gasteiger partial charge in [-0.25, -0.2) is 0 Å². The smallest absolute Gasteiger partial charge is 0.242 e. The van der Waals surface area contributed by atoms with E-state index in [0.29, 0.717) is 17.9 Å².